The number of nitrogens with two attached hydrogens (primary N) is 1. The van der Waals surface area contributed by atoms with Crippen LogP contribution in [0.2, 0.25) is 0 Å². The standard InChI is InChI=1S/C13H19N3OS/c1-3-16(9-12(17)15-2)8-10-6-4-5-7-11(10)13(14)18/h4-7H,3,8-9H2,1-2H3,(H2,14,18)(H,15,17). The molecule has 0 fully saturated rings. The van der Waals surface area contributed by atoms with Crippen LogP contribution in [-0.4, -0.2) is 35.9 Å². The van der Waals surface area contributed by atoms with E-state index < -0.39 is 0 Å². The molecule has 4 nitrogen and oxygen atoms in total. The Labute approximate surface area is 113 Å². The molecule has 18 heavy (non-hydrogen) atoms. The number of nitrogens with one attached hydrogen (secondary N) is 1. The van der Waals surface area contributed by atoms with Gasteiger partial charge in [-0.25, -0.2) is 0 Å². The lowest BCUT2D eigenvalue weighted by molar-refractivity contribution is -0.121. The summed E-state index contributed by atoms with van der Waals surface area (Å²) in [6, 6.07) is 7.75. The summed E-state index contributed by atoms with van der Waals surface area (Å²) in [6.45, 7) is 3.85. The average molecular weight is 265 g/mol. The number of carbonyl (C=O) groups is 1. The van der Waals surface area contributed by atoms with Crippen LogP contribution in [0.1, 0.15) is 18.1 Å². The topological polar surface area (TPSA) is 58.4 Å². The number of benzene rings is 1. The predicted octanol–water partition coefficient (Wildman–Crippen LogP) is 0.889. The predicted molar refractivity (Wildman–Crippen MR) is 77.3 cm³/mol. The van der Waals surface area contributed by atoms with Crippen molar-refractivity contribution in [2.24, 2.45) is 5.73 Å². The molecule has 1 amide bonds. The first-order valence-electron chi connectivity index (χ1n) is 5.89. The van der Waals surface area contributed by atoms with Crippen LogP contribution >= 0.6 is 12.2 Å². The highest BCUT2D eigenvalue weighted by molar-refractivity contribution is 7.80. The molecule has 1 rings (SSSR count). The Hall–Kier alpha value is -1.46. The lowest BCUT2D eigenvalue weighted by Crippen LogP contribution is -2.35. The zero-order valence-corrected chi connectivity index (χ0v) is 11.6. The molecule has 1 aromatic rings. The Balaban J connectivity index is 2.81. The van der Waals surface area contributed by atoms with E-state index in [2.05, 4.69) is 5.32 Å². The van der Waals surface area contributed by atoms with Crippen LogP contribution < -0.4 is 11.1 Å². The van der Waals surface area contributed by atoms with Gasteiger partial charge in [0.1, 0.15) is 4.99 Å². The van der Waals surface area contributed by atoms with Crippen molar-refractivity contribution in [2.45, 2.75) is 13.5 Å². The number of hydrogen-bond donors (Lipinski definition) is 2. The van der Waals surface area contributed by atoms with E-state index in [1.165, 1.54) is 0 Å². The summed E-state index contributed by atoms with van der Waals surface area (Å²) in [6.07, 6.45) is 0. The van der Waals surface area contributed by atoms with Gasteiger partial charge in [0.25, 0.3) is 0 Å². The first-order chi connectivity index (χ1) is 8.58. The highest BCUT2D eigenvalue weighted by Crippen LogP contribution is 2.11. The summed E-state index contributed by atoms with van der Waals surface area (Å²) in [5.74, 6) is 0.00431. The minimum atomic E-state index is 0.00431. The van der Waals surface area contributed by atoms with Crippen LogP contribution in [-0.2, 0) is 11.3 Å². The Morgan fingerprint density at radius 3 is 2.67 bits per heavy atom. The second kappa shape index (κ2) is 7.08. The van der Waals surface area contributed by atoms with E-state index in [0.29, 0.717) is 18.1 Å². The van der Waals surface area contributed by atoms with Crippen molar-refractivity contribution >= 4 is 23.1 Å². The first kappa shape index (κ1) is 14.6. The van der Waals surface area contributed by atoms with Crippen molar-refractivity contribution in [1.82, 2.24) is 10.2 Å². The summed E-state index contributed by atoms with van der Waals surface area (Å²) in [4.78, 5) is 13.8. The largest absolute Gasteiger partial charge is 0.389 e. The summed E-state index contributed by atoms with van der Waals surface area (Å²) >= 11 is 5.03. The number of rotatable bonds is 6. The summed E-state index contributed by atoms with van der Waals surface area (Å²) in [5, 5.41) is 2.62. The van der Waals surface area contributed by atoms with E-state index in [1.54, 1.807) is 7.05 Å². The average Bonchev–Trinajstić information content (AvgIpc) is 2.38. The van der Waals surface area contributed by atoms with Gasteiger partial charge in [0.15, 0.2) is 0 Å². The molecule has 1 aromatic carbocycles. The first-order valence-corrected chi connectivity index (χ1v) is 6.30. The van der Waals surface area contributed by atoms with Crippen LogP contribution in [0.3, 0.4) is 0 Å². The lowest BCUT2D eigenvalue weighted by atomic mass is 10.1. The van der Waals surface area contributed by atoms with Gasteiger partial charge in [-0.1, -0.05) is 43.4 Å². The monoisotopic (exact) mass is 265 g/mol. The maximum absolute atomic E-state index is 11.4. The number of thiocarbonyl (C=S) groups is 1. The molecule has 0 bridgehead atoms. The Morgan fingerprint density at radius 2 is 2.11 bits per heavy atom. The van der Waals surface area contributed by atoms with Crippen LogP contribution in [0.5, 0.6) is 0 Å². The van der Waals surface area contributed by atoms with Crippen molar-refractivity contribution in [3.8, 4) is 0 Å². The molecule has 0 aliphatic carbocycles. The van der Waals surface area contributed by atoms with Gasteiger partial charge < -0.3 is 11.1 Å². The van der Waals surface area contributed by atoms with Crippen molar-refractivity contribution in [2.75, 3.05) is 20.1 Å². The molecule has 3 N–H and O–H groups in total. The molecular formula is C13H19N3OS. The van der Waals surface area contributed by atoms with Crippen LogP contribution in [0, 0.1) is 0 Å². The number of amides is 1. The fourth-order valence-corrected chi connectivity index (χ4v) is 1.90. The maximum atomic E-state index is 11.4. The van der Waals surface area contributed by atoms with E-state index in [9.17, 15) is 4.79 Å². The molecule has 0 aromatic heterocycles. The third-order valence-corrected chi connectivity index (χ3v) is 2.99. The van der Waals surface area contributed by atoms with Crippen molar-refractivity contribution in [3.05, 3.63) is 35.4 Å². The number of carbonyl (C=O) groups excluding carboxylic acids is 1. The summed E-state index contributed by atoms with van der Waals surface area (Å²) < 4.78 is 0. The quantitative estimate of drug-likeness (QED) is 0.750. The molecule has 98 valence electrons. The minimum Gasteiger partial charge on any atom is -0.389 e. The van der Waals surface area contributed by atoms with E-state index in [-0.39, 0.29) is 5.91 Å². The number of hydrogen-bond acceptors (Lipinski definition) is 3. The third kappa shape index (κ3) is 4.09. The van der Waals surface area contributed by atoms with Gasteiger partial charge in [-0.3, -0.25) is 9.69 Å². The zero-order valence-electron chi connectivity index (χ0n) is 10.8. The van der Waals surface area contributed by atoms with Gasteiger partial charge in [-0.2, -0.15) is 0 Å². The highest BCUT2D eigenvalue weighted by Gasteiger charge is 2.11. The van der Waals surface area contributed by atoms with E-state index in [0.717, 1.165) is 17.7 Å². The summed E-state index contributed by atoms with van der Waals surface area (Å²) in [5.41, 5.74) is 7.62. The second-order valence-electron chi connectivity index (χ2n) is 4.00. The molecule has 5 heteroatoms. The smallest absolute Gasteiger partial charge is 0.233 e. The maximum Gasteiger partial charge on any atom is 0.233 e. The zero-order chi connectivity index (χ0) is 13.5. The third-order valence-electron chi connectivity index (χ3n) is 2.77. The molecule has 0 aliphatic rings. The number of nitrogens with zero attached hydrogens (tertiary/aromatic N) is 1. The Bertz CT molecular complexity index is 434. The van der Waals surface area contributed by atoms with Crippen LogP contribution in [0.15, 0.2) is 24.3 Å². The fourth-order valence-electron chi connectivity index (χ4n) is 1.70. The highest BCUT2D eigenvalue weighted by atomic mass is 32.1. The summed E-state index contributed by atoms with van der Waals surface area (Å²) in [7, 11) is 1.64. The lowest BCUT2D eigenvalue weighted by Gasteiger charge is -2.20. The fraction of sp³-hybridized carbons (Fsp3) is 0.385. The molecule has 0 atom stereocenters. The van der Waals surface area contributed by atoms with Gasteiger partial charge in [0, 0.05) is 19.2 Å². The molecule has 0 spiro atoms. The van der Waals surface area contributed by atoms with Gasteiger partial charge in [-0.05, 0) is 12.1 Å². The van der Waals surface area contributed by atoms with Gasteiger partial charge in [0.05, 0.1) is 6.54 Å². The molecule has 0 heterocycles. The molecule has 0 aliphatic heterocycles. The number of likely N-dealkylation sites (N-methyl/N-ethyl adjacent to an activating group) is 2. The van der Waals surface area contributed by atoms with Crippen LogP contribution in [0.25, 0.3) is 0 Å². The molecule has 0 radical (unpaired) electrons. The SMILES string of the molecule is CCN(CC(=O)NC)Cc1ccccc1C(N)=S. The van der Waals surface area contributed by atoms with Gasteiger partial charge >= 0.3 is 0 Å². The molecule has 0 saturated heterocycles. The van der Waals surface area contributed by atoms with E-state index in [4.69, 9.17) is 18.0 Å². The normalized spacial score (nSPS) is 10.4. The van der Waals surface area contributed by atoms with Gasteiger partial charge in [-0.15, -0.1) is 0 Å². The Kier molecular flexibility index (Phi) is 5.74. The van der Waals surface area contributed by atoms with E-state index >= 15 is 0 Å². The van der Waals surface area contributed by atoms with Crippen LogP contribution in [0.4, 0.5) is 0 Å². The van der Waals surface area contributed by atoms with E-state index in [1.807, 2.05) is 36.1 Å². The molecule has 0 saturated carbocycles. The van der Waals surface area contributed by atoms with Crippen molar-refractivity contribution in [3.63, 3.8) is 0 Å². The minimum absolute atomic E-state index is 0.00431. The second-order valence-corrected chi connectivity index (χ2v) is 4.44. The van der Waals surface area contributed by atoms with Gasteiger partial charge in [0.2, 0.25) is 5.91 Å². The van der Waals surface area contributed by atoms with Crippen molar-refractivity contribution < 1.29 is 4.79 Å². The Morgan fingerprint density at radius 1 is 1.44 bits per heavy atom. The molecular weight excluding hydrogens is 246 g/mol. The molecule has 0 unspecified atom stereocenters. The van der Waals surface area contributed by atoms with Crippen molar-refractivity contribution in [1.29, 1.82) is 0 Å².